The first-order chi connectivity index (χ1) is 9.20. The fraction of sp³-hybridized carbons (Fsp3) is 0.200. The first-order valence-corrected chi connectivity index (χ1v) is 6.03. The van der Waals surface area contributed by atoms with Crippen molar-refractivity contribution < 1.29 is 4.74 Å². The van der Waals surface area contributed by atoms with Gasteiger partial charge in [0.1, 0.15) is 24.1 Å². The van der Waals surface area contributed by atoms with E-state index in [9.17, 15) is 0 Å². The highest BCUT2D eigenvalue weighted by Gasteiger charge is 2.07. The van der Waals surface area contributed by atoms with E-state index in [1.165, 1.54) is 0 Å². The number of nitriles is 1. The Bertz CT molecular complexity index is 602. The van der Waals surface area contributed by atoms with Gasteiger partial charge >= 0.3 is 0 Å². The molecule has 0 radical (unpaired) electrons. The van der Waals surface area contributed by atoms with Crippen LogP contribution < -0.4 is 10.5 Å². The Morgan fingerprint density at radius 3 is 2.89 bits per heavy atom. The van der Waals surface area contributed by atoms with E-state index in [1.54, 1.807) is 12.3 Å². The van der Waals surface area contributed by atoms with Crippen molar-refractivity contribution >= 4 is 0 Å². The number of para-hydroxylation sites is 1. The Morgan fingerprint density at radius 1 is 1.37 bits per heavy atom. The average molecular weight is 253 g/mol. The molecule has 4 heteroatoms. The molecule has 0 spiro atoms. The topological polar surface area (TPSA) is 71.9 Å². The summed E-state index contributed by atoms with van der Waals surface area (Å²) in [6, 6.07) is 13.2. The maximum Gasteiger partial charge on any atom is 0.140 e. The molecule has 19 heavy (non-hydrogen) atoms. The molecule has 0 fully saturated rings. The molecule has 0 aliphatic heterocycles. The molecule has 96 valence electrons. The minimum Gasteiger partial charge on any atom is -0.489 e. The van der Waals surface area contributed by atoms with Crippen molar-refractivity contribution in [3.8, 4) is 11.8 Å². The second-order valence-corrected chi connectivity index (χ2v) is 4.28. The summed E-state index contributed by atoms with van der Waals surface area (Å²) in [6.45, 7) is 2.31. The van der Waals surface area contributed by atoms with Crippen LogP contribution in [0.2, 0.25) is 0 Å². The number of hydrogen-bond donors (Lipinski definition) is 1. The van der Waals surface area contributed by atoms with Gasteiger partial charge in [0.2, 0.25) is 0 Å². The largest absolute Gasteiger partial charge is 0.489 e. The van der Waals surface area contributed by atoms with Gasteiger partial charge in [-0.3, -0.25) is 0 Å². The van der Waals surface area contributed by atoms with Crippen LogP contribution in [-0.2, 0) is 6.61 Å². The summed E-state index contributed by atoms with van der Waals surface area (Å²) in [7, 11) is 0. The maximum atomic E-state index is 8.79. The average Bonchev–Trinajstić information content (AvgIpc) is 2.45. The third-order valence-corrected chi connectivity index (χ3v) is 2.74. The van der Waals surface area contributed by atoms with E-state index in [0.717, 1.165) is 16.9 Å². The first kappa shape index (κ1) is 13.1. The van der Waals surface area contributed by atoms with Crippen molar-refractivity contribution in [3.05, 3.63) is 59.4 Å². The Morgan fingerprint density at radius 2 is 2.16 bits per heavy atom. The van der Waals surface area contributed by atoms with Gasteiger partial charge in [-0.2, -0.15) is 5.26 Å². The van der Waals surface area contributed by atoms with Crippen LogP contribution in [-0.4, -0.2) is 4.98 Å². The summed E-state index contributed by atoms with van der Waals surface area (Å²) < 4.78 is 5.77. The molecule has 0 amide bonds. The van der Waals surface area contributed by atoms with Crippen molar-refractivity contribution in [2.45, 2.75) is 19.6 Å². The molecule has 1 aromatic heterocycles. The number of aromatic nitrogens is 1. The highest BCUT2D eigenvalue weighted by Crippen LogP contribution is 2.24. The van der Waals surface area contributed by atoms with Crippen LogP contribution >= 0.6 is 0 Å². The fourth-order valence-corrected chi connectivity index (χ4v) is 1.77. The van der Waals surface area contributed by atoms with E-state index in [1.807, 2.05) is 43.3 Å². The van der Waals surface area contributed by atoms with E-state index in [-0.39, 0.29) is 6.04 Å². The molecule has 2 aromatic rings. The van der Waals surface area contributed by atoms with Gasteiger partial charge in [-0.05, 0) is 30.7 Å². The fourth-order valence-electron chi connectivity index (χ4n) is 1.77. The van der Waals surface area contributed by atoms with Gasteiger partial charge in [0.25, 0.3) is 0 Å². The van der Waals surface area contributed by atoms with E-state index >= 15 is 0 Å². The molecular weight excluding hydrogens is 238 g/mol. The van der Waals surface area contributed by atoms with Crippen LogP contribution in [0.1, 0.15) is 29.8 Å². The van der Waals surface area contributed by atoms with Crippen molar-refractivity contribution in [1.82, 2.24) is 4.98 Å². The normalized spacial score (nSPS) is 11.6. The SMILES string of the molecule is CC(N)c1ccccc1OCc1ccnc(C#N)c1. The predicted molar refractivity (Wildman–Crippen MR) is 72.3 cm³/mol. The van der Waals surface area contributed by atoms with Gasteiger partial charge in [0.05, 0.1) is 0 Å². The zero-order valence-corrected chi connectivity index (χ0v) is 10.7. The van der Waals surface area contributed by atoms with Gasteiger partial charge in [-0.15, -0.1) is 0 Å². The van der Waals surface area contributed by atoms with Crippen LogP contribution in [0.15, 0.2) is 42.6 Å². The predicted octanol–water partition coefficient (Wildman–Crippen LogP) is 2.55. The smallest absolute Gasteiger partial charge is 0.140 e. The van der Waals surface area contributed by atoms with Crippen LogP contribution in [0.25, 0.3) is 0 Å². The van der Waals surface area contributed by atoms with E-state index in [2.05, 4.69) is 4.98 Å². The van der Waals surface area contributed by atoms with E-state index in [0.29, 0.717) is 12.3 Å². The number of benzene rings is 1. The molecule has 0 aliphatic rings. The van der Waals surface area contributed by atoms with Gasteiger partial charge in [-0.25, -0.2) is 4.98 Å². The third-order valence-electron chi connectivity index (χ3n) is 2.74. The van der Waals surface area contributed by atoms with Gasteiger partial charge in [0, 0.05) is 17.8 Å². The molecule has 0 bridgehead atoms. The second-order valence-electron chi connectivity index (χ2n) is 4.28. The van der Waals surface area contributed by atoms with Crippen molar-refractivity contribution in [2.75, 3.05) is 0 Å². The zero-order chi connectivity index (χ0) is 13.7. The maximum absolute atomic E-state index is 8.79. The lowest BCUT2D eigenvalue weighted by Crippen LogP contribution is -2.08. The number of rotatable bonds is 4. The lowest BCUT2D eigenvalue weighted by molar-refractivity contribution is 0.301. The van der Waals surface area contributed by atoms with Gasteiger partial charge in [-0.1, -0.05) is 18.2 Å². The molecule has 1 unspecified atom stereocenters. The van der Waals surface area contributed by atoms with E-state index < -0.39 is 0 Å². The molecule has 0 saturated carbocycles. The lowest BCUT2D eigenvalue weighted by atomic mass is 10.1. The molecule has 1 atom stereocenters. The standard InChI is InChI=1S/C15H15N3O/c1-11(17)14-4-2-3-5-15(14)19-10-12-6-7-18-13(8-12)9-16/h2-8,11H,10,17H2,1H3. The van der Waals surface area contributed by atoms with Gasteiger partial charge < -0.3 is 10.5 Å². The Hall–Kier alpha value is -2.38. The number of pyridine rings is 1. The zero-order valence-electron chi connectivity index (χ0n) is 10.7. The third kappa shape index (κ3) is 3.30. The molecular formula is C15H15N3O. The second kappa shape index (κ2) is 5.98. The number of nitrogens with two attached hydrogens (primary N) is 1. The minimum absolute atomic E-state index is 0.0803. The summed E-state index contributed by atoms with van der Waals surface area (Å²) in [6.07, 6.45) is 1.61. The minimum atomic E-state index is -0.0803. The van der Waals surface area contributed by atoms with Crippen LogP contribution in [0.4, 0.5) is 0 Å². The van der Waals surface area contributed by atoms with E-state index in [4.69, 9.17) is 15.7 Å². The van der Waals surface area contributed by atoms with Gasteiger partial charge in [0.15, 0.2) is 0 Å². The molecule has 4 nitrogen and oxygen atoms in total. The number of nitrogens with zero attached hydrogens (tertiary/aromatic N) is 2. The molecule has 2 N–H and O–H groups in total. The highest BCUT2D eigenvalue weighted by molar-refractivity contribution is 5.35. The molecule has 0 saturated heterocycles. The number of ether oxygens (including phenoxy) is 1. The molecule has 1 aromatic carbocycles. The summed E-state index contributed by atoms with van der Waals surface area (Å²) in [5.41, 5.74) is 8.16. The summed E-state index contributed by atoms with van der Waals surface area (Å²) >= 11 is 0. The number of hydrogen-bond acceptors (Lipinski definition) is 4. The van der Waals surface area contributed by atoms with Crippen LogP contribution in [0, 0.1) is 11.3 Å². The highest BCUT2D eigenvalue weighted by atomic mass is 16.5. The van der Waals surface area contributed by atoms with Crippen molar-refractivity contribution in [1.29, 1.82) is 5.26 Å². The Balaban J connectivity index is 2.12. The molecule has 2 rings (SSSR count). The van der Waals surface area contributed by atoms with Crippen molar-refractivity contribution in [3.63, 3.8) is 0 Å². The molecule has 0 aliphatic carbocycles. The lowest BCUT2D eigenvalue weighted by Gasteiger charge is -2.13. The summed E-state index contributed by atoms with van der Waals surface area (Å²) in [5.74, 6) is 0.771. The summed E-state index contributed by atoms with van der Waals surface area (Å²) in [5, 5.41) is 8.79. The summed E-state index contributed by atoms with van der Waals surface area (Å²) in [4.78, 5) is 3.92. The monoisotopic (exact) mass is 253 g/mol. The van der Waals surface area contributed by atoms with Crippen molar-refractivity contribution in [2.24, 2.45) is 5.73 Å². The van der Waals surface area contributed by atoms with Crippen LogP contribution in [0.5, 0.6) is 5.75 Å². The quantitative estimate of drug-likeness (QED) is 0.908. The Kier molecular flexibility index (Phi) is 4.11. The first-order valence-electron chi connectivity index (χ1n) is 6.03. The molecule has 1 heterocycles. The van der Waals surface area contributed by atoms with Crippen LogP contribution in [0.3, 0.4) is 0 Å². The Labute approximate surface area is 112 Å².